The van der Waals surface area contributed by atoms with Gasteiger partial charge in [-0.15, -0.1) is 0 Å². The molecule has 0 atom stereocenters. The fourth-order valence-electron chi connectivity index (χ4n) is 2.56. The summed E-state index contributed by atoms with van der Waals surface area (Å²) < 4.78 is 3.50. The average Bonchev–Trinajstić information content (AvgIpc) is 2.50. The lowest BCUT2D eigenvalue weighted by atomic mass is 10.1. The fraction of sp³-hybridized carbons (Fsp3) is 0.188. The predicted molar refractivity (Wildman–Crippen MR) is 90.1 cm³/mol. The maximum absolute atomic E-state index is 12.6. The lowest BCUT2D eigenvalue weighted by Crippen LogP contribution is -2.37. The highest BCUT2D eigenvalue weighted by Crippen LogP contribution is 2.26. The first-order valence-electron chi connectivity index (χ1n) is 6.73. The summed E-state index contributed by atoms with van der Waals surface area (Å²) in [6.07, 6.45) is 0. The molecule has 0 spiro atoms. The van der Waals surface area contributed by atoms with E-state index in [1.165, 1.54) is 11.6 Å². The summed E-state index contributed by atoms with van der Waals surface area (Å²) in [7, 11) is 3.14. The van der Waals surface area contributed by atoms with E-state index < -0.39 is 0 Å². The van der Waals surface area contributed by atoms with Crippen molar-refractivity contribution in [1.82, 2.24) is 14.1 Å². The summed E-state index contributed by atoms with van der Waals surface area (Å²) in [5.74, 6) is 0. The van der Waals surface area contributed by atoms with Gasteiger partial charge < -0.3 is 0 Å². The molecule has 1 aromatic carbocycles. The first-order chi connectivity index (χ1) is 10.4. The van der Waals surface area contributed by atoms with Crippen molar-refractivity contribution < 1.29 is 0 Å². The highest BCUT2D eigenvalue weighted by molar-refractivity contribution is 9.10. The van der Waals surface area contributed by atoms with Crippen LogP contribution in [0.4, 0.5) is 0 Å². The zero-order valence-electron chi connectivity index (χ0n) is 12.4. The summed E-state index contributed by atoms with van der Waals surface area (Å²) in [5, 5.41) is 0.452. The van der Waals surface area contributed by atoms with Crippen molar-refractivity contribution in [2.24, 2.45) is 14.1 Å². The Kier molecular flexibility index (Phi) is 3.48. The zero-order chi connectivity index (χ0) is 16.0. The Balaban J connectivity index is 2.56. The van der Waals surface area contributed by atoms with Crippen LogP contribution < -0.4 is 11.2 Å². The summed E-state index contributed by atoms with van der Waals surface area (Å²) in [5.41, 5.74) is 2.09. The molecule has 0 radical (unpaired) electrons. The Bertz CT molecular complexity index is 1020. The van der Waals surface area contributed by atoms with Crippen molar-refractivity contribution >= 4 is 26.8 Å². The second kappa shape index (κ2) is 5.21. The van der Waals surface area contributed by atoms with Crippen LogP contribution >= 0.6 is 15.9 Å². The zero-order valence-corrected chi connectivity index (χ0v) is 14.0. The van der Waals surface area contributed by atoms with E-state index in [2.05, 4.69) is 20.9 Å². The molecule has 0 unspecified atom stereocenters. The fourth-order valence-corrected chi connectivity index (χ4v) is 2.96. The van der Waals surface area contributed by atoms with Gasteiger partial charge in [-0.05, 0) is 25.1 Å². The molecule has 0 fully saturated rings. The Morgan fingerprint density at radius 1 is 1.09 bits per heavy atom. The SMILES string of the molecule is Cc1cc2c(c(-c3cccc(Br)c3)n1)c(=O)n(C)c(=O)n2C. The first-order valence-corrected chi connectivity index (χ1v) is 7.53. The lowest BCUT2D eigenvalue weighted by molar-refractivity contribution is 0.713. The van der Waals surface area contributed by atoms with E-state index in [4.69, 9.17) is 0 Å². The molecule has 22 heavy (non-hydrogen) atoms. The van der Waals surface area contributed by atoms with E-state index in [9.17, 15) is 9.59 Å². The standard InChI is InChI=1S/C16H14BrN3O2/c1-9-7-12-13(15(21)20(3)16(22)19(12)2)14(18-9)10-5-4-6-11(17)8-10/h4-8H,1-3H3. The third-order valence-corrected chi connectivity index (χ3v) is 4.17. The minimum Gasteiger partial charge on any atom is -0.296 e. The number of nitrogens with zero attached hydrogens (tertiary/aromatic N) is 3. The van der Waals surface area contributed by atoms with Crippen LogP contribution in [0.1, 0.15) is 5.69 Å². The first kappa shape index (κ1) is 14.7. The van der Waals surface area contributed by atoms with Gasteiger partial charge in [0.05, 0.1) is 16.6 Å². The van der Waals surface area contributed by atoms with E-state index in [0.717, 1.165) is 20.3 Å². The number of hydrogen-bond acceptors (Lipinski definition) is 3. The molecule has 0 aliphatic heterocycles. The summed E-state index contributed by atoms with van der Waals surface area (Å²) >= 11 is 3.43. The van der Waals surface area contributed by atoms with Crippen molar-refractivity contribution in [3.63, 3.8) is 0 Å². The Hall–Kier alpha value is -2.21. The van der Waals surface area contributed by atoms with Crippen LogP contribution in [0.25, 0.3) is 22.2 Å². The van der Waals surface area contributed by atoms with Crippen molar-refractivity contribution in [3.8, 4) is 11.3 Å². The number of rotatable bonds is 1. The number of aromatic nitrogens is 3. The van der Waals surface area contributed by atoms with Gasteiger partial charge in [-0.1, -0.05) is 28.1 Å². The summed E-state index contributed by atoms with van der Waals surface area (Å²) in [6.45, 7) is 1.85. The molecule has 2 heterocycles. The van der Waals surface area contributed by atoms with Gasteiger partial charge in [0, 0.05) is 29.8 Å². The van der Waals surface area contributed by atoms with Crippen LogP contribution in [-0.2, 0) is 14.1 Å². The molecule has 0 saturated heterocycles. The molecule has 0 aliphatic rings. The monoisotopic (exact) mass is 359 g/mol. The van der Waals surface area contributed by atoms with Gasteiger partial charge in [-0.2, -0.15) is 0 Å². The van der Waals surface area contributed by atoms with Crippen molar-refractivity contribution in [1.29, 1.82) is 0 Å². The second-order valence-corrected chi connectivity index (χ2v) is 6.14. The predicted octanol–water partition coefficient (Wildman–Crippen LogP) is 2.37. The average molecular weight is 360 g/mol. The molecular weight excluding hydrogens is 346 g/mol. The number of hydrogen-bond donors (Lipinski definition) is 0. The third kappa shape index (κ3) is 2.20. The number of halogens is 1. The number of benzene rings is 1. The van der Waals surface area contributed by atoms with Crippen LogP contribution in [0.3, 0.4) is 0 Å². The Labute approximate surface area is 135 Å². The van der Waals surface area contributed by atoms with E-state index >= 15 is 0 Å². The molecule has 2 aromatic heterocycles. The van der Waals surface area contributed by atoms with Gasteiger partial charge in [0.25, 0.3) is 5.56 Å². The van der Waals surface area contributed by atoms with Crippen LogP contribution in [-0.4, -0.2) is 14.1 Å². The molecule has 0 saturated carbocycles. The smallest absolute Gasteiger partial charge is 0.296 e. The highest BCUT2D eigenvalue weighted by Gasteiger charge is 2.15. The van der Waals surface area contributed by atoms with Crippen LogP contribution in [0.15, 0.2) is 44.4 Å². The molecule has 5 nitrogen and oxygen atoms in total. The molecule has 3 rings (SSSR count). The lowest BCUT2D eigenvalue weighted by Gasteiger charge is -2.12. The largest absolute Gasteiger partial charge is 0.330 e. The third-order valence-electron chi connectivity index (χ3n) is 3.68. The Morgan fingerprint density at radius 3 is 2.50 bits per heavy atom. The van der Waals surface area contributed by atoms with E-state index in [1.54, 1.807) is 13.1 Å². The van der Waals surface area contributed by atoms with Crippen molar-refractivity contribution in [2.45, 2.75) is 6.92 Å². The van der Waals surface area contributed by atoms with E-state index in [1.807, 2.05) is 31.2 Å². The molecule has 3 aromatic rings. The minimum atomic E-state index is -0.344. The van der Waals surface area contributed by atoms with Gasteiger partial charge >= 0.3 is 5.69 Å². The molecular formula is C16H14BrN3O2. The second-order valence-electron chi connectivity index (χ2n) is 5.22. The Morgan fingerprint density at radius 2 is 1.82 bits per heavy atom. The summed E-state index contributed by atoms with van der Waals surface area (Å²) in [6, 6.07) is 9.37. The molecule has 0 bridgehead atoms. The van der Waals surface area contributed by atoms with Crippen molar-refractivity contribution in [2.75, 3.05) is 0 Å². The molecule has 0 amide bonds. The topological polar surface area (TPSA) is 56.9 Å². The molecule has 0 N–H and O–H groups in total. The van der Waals surface area contributed by atoms with Crippen LogP contribution in [0.5, 0.6) is 0 Å². The van der Waals surface area contributed by atoms with Gasteiger partial charge in [-0.3, -0.25) is 18.9 Å². The van der Waals surface area contributed by atoms with Gasteiger partial charge in [-0.25, -0.2) is 4.79 Å². The maximum Gasteiger partial charge on any atom is 0.330 e. The number of aryl methyl sites for hydroxylation is 2. The van der Waals surface area contributed by atoms with Crippen molar-refractivity contribution in [3.05, 3.63) is 61.3 Å². The number of pyridine rings is 1. The van der Waals surface area contributed by atoms with Crippen LogP contribution in [0, 0.1) is 6.92 Å². The van der Waals surface area contributed by atoms with Gasteiger partial charge in [0.1, 0.15) is 0 Å². The van der Waals surface area contributed by atoms with E-state index in [0.29, 0.717) is 16.6 Å². The highest BCUT2D eigenvalue weighted by atomic mass is 79.9. The molecule has 0 aliphatic carbocycles. The normalized spacial score (nSPS) is 11.1. The maximum atomic E-state index is 12.6. The molecule has 6 heteroatoms. The minimum absolute atomic E-state index is 0.333. The number of fused-ring (bicyclic) bond motifs is 1. The quantitative estimate of drug-likeness (QED) is 0.670. The van der Waals surface area contributed by atoms with E-state index in [-0.39, 0.29) is 11.2 Å². The van der Waals surface area contributed by atoms with Gasteiger partial charge in [0.15, 0.2) is 0 Å². The summed E-state index contributed by atoms with van der Waals surface area (Å²) in [4.78, 5) is 29.2. The van der Waals surface area contributed by atoms with Crippen LogP contribution in [0.2, 0.25) is 0 Å². The molecule has 112 valence electrons. The van der Waals surface area contributed by atoms with Gasteiger partial charge in [0.2, 0.25) is 0 Å².